The first-order chi connectivity index (χ1) is 5.68. The first-order valence-electron chi connectivity index (χ1n) is 4.51. The molecule has 0 unspecified atom stereocenters. The number of hydrogen-bond acceptors (Lipinski definition) is 1. The maximum absolute atomic E-state index is 4.26. The molecule has 0 atom stereocenters. The van der Waals surface area contributed by atoms with Crippen molar-refractivity contribution in [1.29, 1.82) is 0 Å². The Hall–Kier alpha value is -0.850. The highest BCUT2D eigenvalue weighted by atomic mass is 14.7. The molecule has 12 heavy (non-hydrogen) atoms. The SMILES string of the molecule is CCC/C=C/C=NC(C)=C(C)C. The van der Waals surface area contributed by atoms with Crippen molar-refractivity contribution >= 4 is 6.21 Å². The highest BCUT2D eigenvalue weighted by Gasteiger charge is 1.83. The second-order valence-corrected chi connectivity index (χ2v) is 3.08. The van der Waals surface area contributed by atoms with Crippen LogP contribution < -0.4 is 0 Å². The van der Waals surface area contributed by atoms with Gasteiger partial charge < -0.3 is 0 Å². The summed E-state index contributed by atoms with van der Waals surface area (Å²) in [5.41, 5.74) is 2.38. The Labute approximate surface area is 75.9 Å². The van der Waals surface area contributed by atoms with Crippen molar-refractivity contribution in [3.8, 4) is 0 Å². The largest absolute Gasteiger partial charge is 0.262 e. The molecule has 0 heterocycles. The molecule has 0 spiro atoms. The van der Waals surface area contributed by atoms with Crippen LogP contribution in [0.5, 0.6) is 0 Å². The Morgan fingerprint density at radius 3 is 2.42 bits per heavy atom. The van der Waals surface area contributed by atoms with E-state index in [2.05, 4.69) is 31.8 Å². The predicted molar refractivity (Wildman–Crippen MR) is 56.6 cm³/mol. The zero-order chi connectivity index (χ0) is 9.40. The molecule has 0 saturated carbocycles. The van der Waals surface area contributed by atoms with Crippen LogP contribution in [0.1, 0.15) is 40.5 Å². The van der Waals surface area contributed by atoms with Crippen LogP contribution in [0.15, 0.2) is 28.4 Å². The Morgan fingerprint density at radius 1 is 1.25 bits per heavy atom. The lowest BCUT2D eigenvalue weighted by Crippen LogP contribution is -1.75. The number of allylic oxidation sites excluding steroid dienone is 4. The molecule has 0 aliphatic rings. The second-order valence-electron chi connectivity index (χ2n) is 3.08. The van der Waals surface area contributed by atoms with E-state index in [0.29, 0.717) is 0 Å². The number of aliphatic imine (C=N–C) groups is 1. The van der Waals surface area contributed by atoms with E-state index in [9.17, 15) is 0 Å². The zero-order valence-electron chi connectivity index (χ0n) is 8.59. The molecule has 1 nitrogen and oxygen atoms in total. The van der Waals surface area contributed by atoms with Crippen molar-refractivity contribution in [3.05, 3.63) is 23.4 Å². The van der Waals surface area contributed by atoms with Crippen molar-refractivity contribution in [3.63, 3.8) is 0 Å². The fraction of sp³-hybridized carbons (Fsp3) is 0.545. The molecule has 0 N–H and O–H groups in total. The average molecular weight is 165 g/mol. The minimum Gasteiger partial charge on any atom is -0.262 e. The van der Waals surface area contributed by atoms with E-state index in [1.54, 1.807) is 0 Å². The molecule has 0 saturated heterocycles. The molecular weight excluding hydrogens is 146 g/mol. The van der Waals surface area contributed by atoms with Crippen LogP contribution in [-0.2, 0) is 0 Å². The molecule has 0 aromatic heterocycles. The summed E-state index contributed by atoms with van der Waals surface area (Å²) in [5.74, 6) is 0. The van der Waals surface area contributed by atoms with E-state index in [1.165, 1.54) is 12.0 Å². The van der Waals surface area contributed by atoms with Gasteiger partial charge in [-0.3, -0.25) is 4.99 Å². The third-order valence-electron chi connectivity index (χ3n) is 1.67. The van der Waals surface area contributed by atoms with Gasteiger partial charge in [0, 0.05) is 11.9 Å². The predicted octanol–water partition coefficient (Wildman–Crippen LogP) is 3.73. The second kappa shape index (κ2) is 6.84. The first kappa shape index (κ1) is 11.2. The van der Waals surface area contributed by atoms with Gasteiger partial charge in [-0.05, 0) is 33.3 Å². The van der Waals surface area contributed by atoms with Gasteiger partial charge in [-0.15, -0.1) is 0 Å². The van der Waals surface area contributed by atoms with Gasteiger partial charge in [0.15, 0.2) is 0 Å². The summed E-state index contributed by atoms with van der Waals surface area (Å²) in [4.78, 5) is 4.26. The van der Waals surface area contributed by atoms with Crippen molar-refractivity contribution in [2.24, 2.45) is 4.99 Å². The summed E-state index contributed by atoms with van der Waals surface area (Å²) in [6.45, 7) is 8.34. The molecule has 0 aliphatic heterocycles. The summed E-state index contributed by atoms with van der Waals surface area (Å²) in [6, 6.07) is 0. The van der Waals surface area contributed by atoms with Crippen molar-refractivity contribution < 1.29 is 0 Å². The average Bonchev–Trinajstić information content (AvgIpc) is 2.03. The number of rotatable bonds is 4. The number of hydrogen-bond donors (Lipinski definition) is 0. The number of nitrogens with zero attached hydrogens (tertiary/aromatic N) is 1. The van der Waals surface area contributed by atoms with Gasteiger partial charge in [0.25, 0.3) is 0 Å². The fourth-order valence-corrected chi connectivity index (χ4v) is 0.608. The number of unbranched alkanes of at least 4 members (excludes halogenated alkanes) is 1. The lowest BCUT2D eigenvalue weighted by Gasteiger charge is -1.92. The molecule has 0 aliphatic carbocycles. The maximum atomic E-state index is 4.26. The Kier molecular flexibility index (Phi) is 6.35. The highest BCUT2D eigenvalue weighted by molar-refractivity contribution is 5.72. The van der Waals surface area contributed by atoms with Gasteiger partial charge >= 0.3 is 0 Å². The van der Waals surface area contributed by atoms with Crippen LogP contribution in [0.3, 0.4) is 0 Å². The van der Waals surface area contributed by atoms with Crippen molar-refractivity contribution in [2.45, 2.75) is 40.5 Å². The lowest BCUT2D eigenvalue weighted by molar-refractivity contribution is 0.960. The van der Waals surface area contributed by atoms with Gasteiger partial charge in [0.05, 0.1) is 0 Å². The van der Waals surface area contributed by atoms with Crippen LogP contribution in [0.25, 0.3) is 0 Å². The Bertz CT molecular complexity index is 193. The quantitative estimate of drug-likeness (QED) is 0.563. The fourth-order valence-electron chi connectivity index (χ4n) is 0.608. The third kappa shape index (κ3) is 5.90. The molecule has 68 valence electrons. The van der Waals surface area contributed by atoms with Gasteiger partial charge in [-0.25, -0.2) is 0 Å². The Balaban J connectivity index is 3.84. The minimum absolute atomic E-state index is 1.11. The minimum atomic E-state index is 1.11. The van der Waals surface area contributed by atoms with E-state index in [4.69, 9.17) is 0 Å². The molecule has 0 fully saturated rings. The monoisotopic (exact) mass is 165 g/mol. The van der Waals surface area contributed by atoms with E-state index >= 15 is 0 Å². The van der Waals surface area contributed by atoms with E-state index in [-0.39, 0.29) is 0 Å². The molecule has 1 heteroatoms. The lowest BCUT2D eigenvalue weighted by atomic mass is 10.3. The molecule has 0 aromatic rings. The summed E-state index contributed by atoms with van der Waals surface area (Å²) in [7, 11) is 0. The Morgan fingerprint density at radius 2 is 1.92 bits per heavy atom. The van der Waals surface area contributed by atoms with Crippen molar-refractivity contribution in [1.82, 2.24) is 0 Å². The van der Waals surface area contributed by atoms with Gasteiger partial charge in [0.1, 0.15) is 0 Å². The van der Waals surface area contributed by atoms with E-state index in [0.717, 1.165) is 12.1 Å². The van der Waals surface area contributed by atoms with Gasteiger partial charge in [-0.2, -0.15) is 0 Å². The summed E-state index contributed by atoms with van der Waals surface area (Å²) in [6.07, 6.45) is 8.35. The third-order valence-corrected chi connectivity index (χ3v) is 1.67. The topological polar surface area (TPSA) is 12.4 Å². The molecule has 0 rings (SSSR count). The molecule has 0 bridgehead atoms. The maximum Gasteiger partial charge on any atom is 0.0359 e. The van der Waals surface area contributed by atoms with E-state index < -0.39 is 0 Å². The first-order valence-corrected chi connectivity index (χ1v) is 4.51. The van der Waals surface area contributed by atoms with E-state index in [1.807, 2.05) is 19.2 Å². The molecule has 0 amide bonds. The molecule has 0 radical (unpaired) electrons. The molecular formula is C11H19N. The van der Waals surface area contributed by atoms with Crippen LogP contribution >= 0.6 is 0 Å². The summed E-state index contributed by atoms with van der Waals surface area (Å²) >= 11 is 0. The van der Waals surface area contributed by atoms with Crippen LogP contribution in [0.4, 0.5) is 0 Å². The van der Waals surface area contributed by atoms with Crippen molar-refractivity contribution in [2.75, 3.05) is 0 Å². The van der Waals surface area contributed by atoms with Crippen LogP contribution in [-0.4, -0.2) is 6.21 Å². The summed E-state index contributed by atoms with van der Waals surface area (Å²) in [5, 5.41) is 0. The van der Waals surface area contributed by atoms with Crippen LogP contribution in [0, 0.1) is 0 Å². The van der Waals surface area contributed by atoms with Gasteiger partial charge in [0.2, 0.25) is 0 Å². The smallest absolute Gasteiger partial charge is 0.0359 e. The normalized spacial score (nSPS) is 11.3. The highest BCUT2D eigenvalue weighted by Crippen LogP contribution is 2.01. The summed E-state index contributed by atoms with van der Waals surface area (Å²) < 4.78 is 0. The standard InChI is InChI=1S/C11H19N/c1-5-6-7-8-9-12-11(4)10(2)3/h7-9H,5-6H2,1-4H3/b8-7+,12-9?. The van der Waals surface area contributed by atoms with Gasteiger partial charge in [-0.1, -0.05) is 25.0 Å². The molecule has 0 aromatic carbocycles. The van der Waals surface area contributed by atoms with Crippen LogP contribution in [0.2, 0.25) is 0 Å². The zero-order valence-corrected chi connectivity index (χ0v) is 8.59.